The summed E-state index contributed by atoms with van der Waals surface area (Å²) in [5.74, 6) is -0.0286. The Morgan fingerprint density at radius 2 is 1.45 bits per heavy atom. The molecule has 0 saturated carbocycles. The number of rotatable bonds is 7. The highest BCUT2D eigenvalue weighted by atomic mass is 35.5. The molecule has 1 aliphatic rings. The van der Waals surface area contributed by atoms with Gasteiger partial charge >= 0.3 is 6.18 Å². The molecule has 1 saturated heterocycles. The molecular formula is C30H32ClF3N2O2. The fourth-order valence-corrected chi connectivity index (χ4v) is 5.90. The Bertz CT molecular complexity index is 1200. The molecule has 1 heterocycles. The van der Waals surface area contributed by atoms with E-state index in [2.05, 4.69) is 4.90 Å². The molecule has 8 heteroatoms. The van der Waals surface area contributed by atoms with Crippen LogP contribution in [0.2, 0.25) is 5.02 Å². The van der Waals surface area contributed by atoms with E-state index < -0.39 is 27.8 Å². The quantitative estimate of drug-likeness (QED) is 0.390. The number of likely N-dealkylation sites (tertiary alicyclic amines) is 1. The molecule has 0 spiro atoms. The van der Waals surface area contributed by atoms with E-state index in [1.54, 1.807) is 19.0 Å². The van der Waals surface area contributed by atoms with Crippen LogP contribution in [-0.2, 0) is 22.0 Å². The Morgan fingerprint density at radius 1 is 0.921 bits per heavy atom. The maximum atomic E-state index is 13.8. The average molecular weight is 545 g/mol. The van der Waals surface area contributed by atoms with Crippen LogP contribution in [0.3, 0.4) is 0 Å². The molecule has 0 atom stereocenters. The van der Waals surface area contributed by atoms with Gasteiger partial charge in [0.25, 0.3) is 0 Å². The highest BCUT2D eigenvalue weighted by Crippen LogP contribution is 2.43. The van der Waals surface area contributed by atoms with Crippen molar-refractivity contribution in [1.82, 2.24) is 9.80 Å². The minimum absolute atomic E-state index is 0.0286. The highest BCUT2D eigenvalue weighted by molar-refractivity contribution is 6.32. The van der Waals surface area contributed by atoms with Gasteiger partial charge in [-0.25, -0.2) is 0 Å². The van der Waals surface area contributed by atoms with Crippen LogP contribution in [0.25, 0.3) is 0 Å². The molecule has 1 fully saturated rings. The second kappa shape index (κ2) is 11.1. The predicted octanol–water partition coefficient (Wildman–Crippen LogP) is 6.11. The van der Waals surface area contributed by atoms with Gasteiger partial charge in [-0.05, 0) is 43.0 Å². The normalized spacial score (nSPS) is 16.3. The number of nitrogens with zero attached hydrogens (tertiary/aromatic N) is 2. The van der Waals surface area contributed by atoms with E-state index in [0.717, 1.165) is 17.2 Å². The number of carbonyl (C=O) groups excluding carboxylic acids is 1. The lowest BCUT2D eigenvalue weighted by Crippen LogP contribution is -2.49. The molecule has 202 valence electrons. The zero-order valence-electron chi connectivity index (χ0n) is 21.5. The largest absolute Gasteiger partial charge is 0.417 e. The van der Waals surface area contributed by atoms with Gasteiger partial charge in [-0.2, -0.15) is 13.2 Å². The van der Waals surface area contributed by atoms with E-state index >= 15 is 0 Å². The summed E-state index contributed by atoms with van der Waals surface area (Å²) in [5.41, 5.74) is -1.40. The number of carbonyl (C=O) groups is 1. The van der Waals surface area contributed by atoms with Crippen molar-refractivity contribution < 1.29 is 23.1 Å². The molecule has 0 bridgehead atoms. The number of hydrogen-bond acceptors (Lipinski definition) is 3. The number of halogens is 4. The Morgan fingerprint density at radius 3 is 1.92 bits per heavy atom. The number of benzene rings is 3. The van der Waals surface area contributed by atoms with Crippen molar-refractivity contribution in [3.8, 4) is 0 Å². The first-order valence-corrected chi connectivity index (χ1v) is 13.0. The maximum absolute atomic E-state index is 13.8. The minimum atomic E-state index is -4.60. The van der Waals surface area contributed by atoms with Crippen molar-refractivity contribution in [2.45, 2.75) is 36.5 Å². The van der Waals surface area contributed by atoms with E-state index in [1.807, 2.05) is 60.7 Å². The van der Waals surface area contributed by atoms with Gasteiger partial charge in [0.05, 0.1) is 16.2 Å². The van der Waals surface area contributed by atoms with E-state index in [9.17, 15) is 23.1 Å². The first-order chi connectivity index (χ1) is 18.0. The minimum Gasteiger partial charge on any atom is -0.385 e. The number of piperidine rings is 1. The van der Waals surface area contributed by atoms with Gasteiger partial charge in [-0.3, -0.25) is 4.79 Å². The summed E-state index contributed by atoms with van der Waals surface area (Å²) >= 11 is 6.14. The average Bonchev–Trinajstić information content (AvgIpc) is 2.90. The first kappa shape index (κ1) is 28.1. The molecule has 0 radical (unpaired) electrons. The third kappa shape index (κ3) is 5.46. The molecule has 3 aromatic carbocycles. The number of hydrogen-bond donors (Lipinski definition) is 1. The van der Waals surface area contributed by atoms with Gasteiger partial charge in [0.1, 0.15) is 5.41 Å². The number of amides is 1. The molecule has 0 unspecified atom stereocenters. The van der Waals surface area contributed by atoms with Gasteiger partial charge in [0.2, 0.25) is 5.91 Å². The van der Waals surface area contributed by atoms with Crippen LogP contribution in [0.5, 0.6) is 0 Å². The van der Waals surface area contributed by atoms with Crippen LogP contribution in [0.1, 0.15) is 41.5 Å². The van der Waals surface area contributed by atoms with E-state index in [0.29, 0.717) is 26.1 Å². The van der Waals surface area contributed by atoms with E-state index in [4.69, 9.17) is 11.6 Å². The summed E-state index contributed by atoms with van der Waals surface area (Å²) in [6.07, 6.45) is -3.62. The zero-order valence-corrected chi connectivity index (χ0v) is 22.3. The Balaban J connectivity index is 1.58. The van der Waals surface area contributed by atoms with Crippen LogP contribution >= 0.6 is 11.6 Å². The van der Waals surface area contributed by atoms with Crippen molar-refractivity contribution in [3.05, 3.63) is 106 Å². The SMILES string of the molecule is CN(C)C(=O)C(CCN1CCC(O)(c2cccc(C(F)(F)F)c2Cl)CC1)(c1ccccc1)c1ccccc1. The van der Waals surface area contributed by atoms with Crippen LogP contribution in [0, 0.1) is 0 Å². The second-order valence-electron chi connectivity index (χ2n) is 10.1. The summed E-state index contributed by atoms with van der Waals surface area (Å²) in [7, 11) is 3.51. The van der Waals surface area contributed by atoms with Crippen LogP contribution in [0.15, 0.2) is 78.9 Å². The van der Waals surface area contributed by atoms with Crippen molar-refractivity contribution in [2.75, 3.05) is 33.7 Å². The summed E-state index contributed by atoms with van der Waals surface area (Å²) in [6.45, 7) is 1.48. The fraction of sp³-hybridized carbons (Fsp3) is 0.367. The lowest BCUT2D eigenvalue weighted by atomic mass is 9.70. The zero-order chi connectivity index (χ0) is 27.6. The summed E-state index contributed by atoms with van der Waals surface area (Å²) < 4.78 is 40.2. The number of alkyl halides is 3. The molecular weight excluding hydrogens is 513 g/mol. The van der Waals surface area contributed by atoms with Gasteiger partial charge in [-0.1, -0.05) is 84.4 Å². The van der Waals surface area contributed by atoms with Crippen LogP contribution < -0.4 is 0 Å². The lowest BCUT2D eigenvalue weighted by molar-refractivity contribution is -0.138. The topological polar surface area (TPSA) is 43.8 Å². The van der Waals surface area contributed by atoms with Crippen molar-refractivity contribution in [3.63, 3.8) is 0 Å². The highest BCUT2D eigenvalue weighted by Gasteiger charge is 2.44. The van der Waals surface area contributed by atoms with Crippen LogP contribution in [-0.4, -0.2) is 54.5 Å². The van der Waals surface area contributed by atoms with Crippen molar-refractivity contribution in [2.24, 2.45) is 0 Å². The molecule has 0 aliphatic carbocycles. The molecule has 3 aromatic rings. The summed E-state index contributed by atoms with van der Waals surface area (Å²) in [6, 6.07) is 23.1. The molecule has 0 aromatic heterocycles. The molecule has 4 nitrogen and oxygen atoms in total. The van der Waals surface area contributed by atoms with Gasteiger partial charge in [0, 0.05) is 32.7 Å². The second-order valence-corrected chi connectivity index (χ2v) is 10.5. The predicted molar refractivity (Wildman–Crippen MR) is 143 cm³/mol. The molecule has 1 aliphatic heterocycles. The Kier molecular flexibility index (Phi) is 8.21. The fourth-order valence-electron chi connectivity index (χ4n) is 5.49. The molecule has 4 rings (SSSR count). The third-order valence-corrected chi connectivity index (χ3v) is 8.00. The van der Waals surface area contributed by atoms with Crippen LogP contribution in [0.4, 0.5) is 13.2 Å². The van der Waals surface area contributed by atoms with E-state index in [1.165, 1.54) is 12.1 Å². The smallest absolute Gasteiger partial charge is 0.385 e. The number of likely N-dealkylation sites (N-methyl/N-ethyl adjacent to an activating group) is 1. The molecule has 1 N–H and O–H groups in total. The number of aliphatic hydroxyl groups is 1. The first-order valence-electron chi connectivity index (χ1n) is 12.6. The standard InChI is InChI=1S/C30H32ClF3N2O2/c1-35(2)27(37)29(22-10-5-3-6-11-22,23-12-7-4-8-13-23)18-21-36-19-16-28(38,17-20-36)24-14-9-15-25(26(24)31)30(32,33)34/h3-15,38H,16-21H2,1-2H3. The Hall–Kier alpha value is -2.87. The van der Waals surface area contributed by atoms with Crippen molar-refractivity contribution >= 4 is 17.5 Å². The van der Waals surface area contributed by atoms with Gasteiger partial charge in [-0.15, -0.1) is 0 Å². The van der Waals surface area contributed by atoms with Gasteiger partial charge < -0.3 is 14.9 Å². The third-order valence-electron chi connectivity index (χ3n) is 7.60. The molecule has 38 heavy (non-hydrogen) atoms. The van der Waals surface area contributed by atoms with Crippen molar-refractivity contribution in [1.29, 1.82) is 0 Å². The lowest BCUT2D eigenvalue weighted by Gasteiger charge is -2.41. The monoisotopic (exact) mass is 544 g/mol. The summed E-state index contributed by atoms with van der Waals surface area (Å²) in [5, 5.41) is 10.9. The van der Waals surface area contributed by atoms with E-state index in [-0.39, 0.29) is 24.3 Å². The maximum Gasteiger partial charge on any atom is 0.417 e. The van der Waals surface area contributed by atoms with Gasteiger partial charge in [0.15, 0.2) is 0 Å². The molecule has 1 amide bonds. The summed E-state index contributed by atoms with van der Waals surface area (Å²) in [4.78, 5) is 17.6. The Labute approximate surface area is 226 Å².